The van der Waals surface area contributed by atoms with E-state index in [9.17, 15) is 17.8 Å². The first-order valence-electron chi connectivity index (χ1n) is 10.7. The van der Waals surface area contributed by atoms with Gasteiger partial charge in [0.15, 0.2) is 15.5 Å². The van der Waals surface area contributed by atoms with Gasteiger partial charge in [-0.05, 0) is 50.2 Å². The molecule has 6 heteroatoms. The van der Waals surface area contributed by atoms with Crippen LogP contribution in [-0.4, -0.2) is 24.5 Å². The zero-order valence-corrected chi connectivity index (χ0v) is 20.7. The van der Waals surface area contributed by atoms with Gasteiger partial charge >= 0.3 is 0 Å². The third-order valence-electron chi connectivity index (χ3n) is 5.01. The molecule has 174 valence electrons. The van der Waals surface area contributed by atoms with Gasteiger partial charge in [-0.3, -0.25) is 4.79 Å². The Labute approximate surface area is 204 Å². The lowest BCUT2D eigenvalue weighted by Gasteiger charge is -2.08. The normalized spacial score (nSPS) is 10.9. The van der Waals surface area contributed by atoms with Crippen LogP contribution in [0.3, 0.4) is 0 Å². The minimum absolute atomic E-state index is 0.178. The van der Waals surface area contributed by atoms with Crippen LogP contribution in [-0.2, 0) is 21.0 Å². The molecule has 0 atom stereocenters. The summed E-state index contributed by atoms with van der Waals surface area (Å²) in [6, 6.07) is 34.2. The smallest absolute Gasteiger partial charge is 0.212 e. The van der Waals surface area contributed by atoms with Gasteiger partial charge in [-0.25, -0.2) is 8.42 Å². The summed E-state index contributed by atoms with van der Waals surface area (Å²) in [5, 5.41) is 0. The van der Waals surface area contributed by atoms with Crippen LogP contribution in [0.2, 0.25) is 0 Å². The average Bonchev–Trinajstić information content (AvgIpc) is 2.84. The molecule has 0 N–H and O–H groups in total. The molecule has 0 amide bonds. The van der Waals surface area contributed by atoms with Crippen molar-refractivity contribution in [1.82, 2.24) is 0 Å². The number of rotatable bonds is 6. The van der Waals surface area contributed by atoms with E-state index in [0.29, 0.717) is 5.75 Å². The maximum absolute atomic E-state index is 12.7. The number of hydrogen-bond donors (Lipinski definition) is 0. The van der Waals surface area contributed by atoms with E-state index in [0.717, 1.165) is 11.1 Å². The number of carbonyl (C=O) groups is 1. The lowest BCUT2D eigenvalue weighted by molar-refractivity contribution is 0.102. The number of carbonyl (C=O) groups excluding carboxylic acids is 1. The Balaban J connectivity index is 0.000000248. The molecule has 0 aliphatic heterocycles. The summed E-state index contributed by atoms with van der Waals surface area (Å²) in [5.41, 5.74) is 2.89. The fraction of sp³-hybridized carbons (Fsp3) is 0.107. The van der Waals surface area contributed by atoms with Gasteiger partial charge in [0.25, 0.3) is 0 Å². The van der Waals surface area contributed by atoms with Crippen LogP contribution in [0.4, 0.5) is 0 Å². The predicted octanol–water partition coefficient (Wildman–Crippen LogP) is 5.81. The third-order valence-corrected chi connectivity index (χ3v) is 8.10. The van der Waals surface area contributed by atoms with Crippen molar-refractivity contribution in [3.63, 3.8) is 0 Å². The Hall–Kier alpha value is -3.19. The van der Waals surface area contributed by atoms with Gasteiger partial charge in [-0.2, -0.15) is 0 Å². The summed E-state index contributed by atoms with van der Waals surface area (Å²) < 4.78 is 31.2. The molecule has 4 rings (SSSR count). The highest BCUT2D eigenvalue weighted by atomic mass is 32.2. The second-order valence-electron chi connectivity index (χ2n) is 7.72. The Morgan fingerprint density at radius 2 is 1.09 bits per heavy atom. The van der Waals surface area contributed by atoms with Crippen LogP contribution in [0.1, 0.15) is 21.5 Å². The first kappa shape index (κ1) is 25.4. The van der Waals surface area contributed by atoms with Crippen molar-refractivity contribution in [3.05, 3.63) is 126 Å². The van der Waals surface area contributed by atoms with Crippen LogP contribution in [0, 0.1) is 13.8 Å². The number of hydrogen-bond acceptors (Lipinski definition) is 4. The molecule has 0 aromatic heterocycles. The Bertz CT molecular complexity index is 1260. The molecule has 0 fully saturated rings. The van der Waals surface area contributed by atoms with Crippen molar-refractivity contribution in [3.8, 4) is 0 Å². The van der Waals surface area contributed by atoms with Crippen molar-refractivity contribution in [2.75, 3.05) is 5.75 Å². The Kier molecular flexibility index (Phi) is 8.82. The molecule has 0 saturated heterocycles. The lowest BCUT2D eigenvalue weighted by atomic mass is 10.1. The molecule has 0 spiro atoms. The summed E-state index contributed by atoms with van der Waals surface area (Å²) in [6.07, 6.45) is 0. The molecule has 0 saturated carbocycles. The topological polar surface area (TPSA) is 74.3 Å². The molecule has 0 heterocycles. The molecule has 0 unspecified atom stereocenters. The molecule has 34 heavy (non-hydrogen) atoms. The minimum atomic E-state index is -4.27. The second-order valence-corrected chi connectivity index (χ2v) is 11.1. The van der Waals surface area contributed by atoms with E-state index in [1.807, 2.05) is 74.5 Å². The second kappa shape index (κ2) is 11.8. The van der Waals surface area contributed by atoms with Crippen LogP contribution >= 0.6 is 0 Å². The van der Waals surface area contributed by atoms with Crippen LogP contribution in [0.25, 0.3) is 0 Å². The standard InChI is InChI=1S/C21H19OS.C7H8O3S/c1-17-12-14-18(15-13-17)21(22)16-23(19-8-4-2-5-9-19)20-10-6-3-7-11-20;1-6-2-4-7(5-3-6)11(8,9)10/h2-15H,16H2,1H3;2-5H,1H3,(H,8,9,10)/q+1;/p-1. The highest BCUT2D eigenvalue weighted by Crippen LogP contribution is 2.24. The van der Waals surface area contributed by atoms with Crippen molar-refractivity contribution in [1.29, 1.82) is 0 Å². The van der Waals surface area contributed by atoms with Gasteiger partial charge in [0.1, 0.15) is 10.1 Å². The van der Waals surface area contributed by atoms with E-state index in [-0.39, 0.29) is 21.6 Å². The van der Waals surface area contributed by atoms with Crippen molar-refractivity contribution in [2.24, 2.45) is 0 Å². The first-order chi connectivity index (χ1) is 16.2. The highest BCUT2D eigenvalue weighted by molar-refractivity contribution is 7.97. The summed E-state index contributed by atoms with van der Waals surface area (Å²) in [5.74, 6) is 0.706. The monoisotopic (exact) mass is 490 g/mol. The van der Waals surface area contributed by atoms with Gasteiger partial charge in [-0.1, -0.05) is 83.9 Å². The maximum atomic E-state index is 12.7. The van der Waals surface area contributed by atoms with Crippen molar-refractivity contribution in [2.45, 2.75) is 28.5 Å². The highest BCUT2D eigenvalue weighted by Gasteiger charge is 2.28. The minimum Gasteiger partial charge on any atom is -0.744 e. The van der Waals surface area contributed by atoms with Crippen LogP contribution in [0.5, 0.6) is 0 Å². The molecule has 4 aromatic carbocycles. The van der Waals surface area contributed by atoms with Gasteiger partial charge < -0.3 is 4.55 Å². The van der Waals surface area contributed by atoms with Crippen molar-refractivity contribution >= 4 is 26.8 Å². The molecular formula is C28H26O4S2. The molecule has 4 aromatic rings. The number of aryl methyl sites for hydroxylation is 2. The molecule has 0 bridgehead atoms. The number of Topliss-reactive ketones (excluding diaryl/α,β-unsaturated/α-hetero) is 1. The predicted molar refractivity (Wildman–Crippen MR) is 136 cm³/mol. The molecule has 0 aliphatic rings. The summed E-state index contributed by atoms with van der Waals surface area (Å²) in [6.45, 7) is 3.86. The van der Waals surface area contributed by atoms with E-state index in [4.69, 9.17) is 0 Å². The van der Waals surface area contributed by atoms with Crippen molar-refractivity contribution < 1.29 is 17.8 Å². The van der Waals surface area contributed by atoms with E-state index in [2.05, 4.69) is 24.3 Å². The van der Waals surface area contributed by atoms with E-state index >= 15 is 0 Å². The lowest BCUT2D eigenvalue weighted by Crippen LogP contribution is -2.17. The molecule has 4 nitrogen and oxygen atoms in total. The Morgan fingerprint density at radius 3 is 1.50 bits per heavy atom. The van der Waals surface area contributed by atoms with Crippen LogP contribution in [0.15, 0.2) is 124 Å². The third kappa shape index (κ3) is 7.42. The fourth-order valence-electron chi connectivity index (χ4n) is 3.13. The number of benzene rings is 4. The molecular weight excluding hydrogens is 464 g/mol. The van der Waals surface area contributed by atoms with Gasteiger partial charge in [0.05, 0.1) is 15.8 Å². The first-order valence-corrected chi connectivity index (χ1v) is 13.5. The summed E-state index contributed by atoms with van der Waals surface area (Å²) in [7, 11) is -4.51. The number of ketones is 1. The maximum Gasteiger partial charge on any atom is 0.212 e. The van der Waals surface area contributed by atoms with Gasteiger partial charge in [-0.15, -0.1) is 0 Å². The largest absolute Gasteiger partial charge is 0.744 e. The molecule has 0 aliphatic carbocycles. The average molecular weight is 491 g/mol. The zero-order chi connectivity index (χ0) is 24.6. The summed E-state index contributed by atoms with van der Waals surface area (Å²) >= 11 is 0. The van der Waals surface area contributed by atoms with E-state index in [1.165, 1.54) is 27.5 Å². The zero-order valence-electron chi connectivity index (χ0n) is 19.0. The van der Waals surface area contributed by atoms with Crippen LogP contribution < -0.4 is 0 Å². The van der Waals surface area contributed by atoms with E-state index < -0.39 is 10.1 Å². The Morgan fingerprint density at radius 1 is 0.676 bits per heavy atom. The fourth-order valence-corrected chi connectivity index (χ4v) is 5.61. The SMILES string of the molecule is Cc1ccc(C(=O)C[S+](c2ccccc2)c2ccccc2)cc1.Cc1ccc(S(=O)(=O)[O-])cc1. The molecule has 0 radical (unpaired) electrons. The summed E-state index contributed by atoms with van der Waals surface area (Å²) in [4.78, 5) is 15.0. The van der Waals surface area contributed by atoms with Gasteiger partial charge in [0, 0.05) is 5.56 Å². The van der Waals surface area contributed by atoms with E-state index in [1.54, 1.807) is 12.1 Å². The van der Waals surface area contributed by atoms with Gasteiger partial charge in [0.2, 0.25) is 5.78 Å². The quantitative estimate of drug-likeness (QED) is 0.194.